The second-order valence-corrected chi connectivity index (χ2v) is 7.82. The number of rotatable bonds is 4. The number of H-pyrrole nitrogens is 1. The quantitative estimate of drug-likeness (QED) is 0.749. The van der Waals surface area contributed by atoms with Crippen molar-refractivity contribution in [1.82, 2.24) is 9.88 Å². The van der Waals surface area contributed by atoms with Crippen LogP contribution in [0, 0.1) is 12.8 Å². The Morgan fingerprint density at radius 2 is 2.00 bits per heavy atom. The number of nitrogens with two attached hydrogens (primary N) is 1. The van der Waals surface area contributed by atoms with Gasteiger partial charge in [0.1, 0.15) is 0 Å². The molecule has 1 saturated heterocycles. The van der Waals surface area contributed by atoms with E-state index in [9.17, 15) is 4.79 Å². The van der Waals surface area contributed by atoms with Crippen molar-refractivity contribution in [2.75, 3.05) is 13.1 Å². The predicted octanol–water partition coefficient (Wildman–Crippen LogP) is 3.82. The van der Waals surface area contributed by atoms with Crippen LogP contribution in [0.25, 0.3) is 10.9 Å². The number of carbonyl (C=O) groups is 1. The second-order valence-electron chi connectivity index (χ2n) is 6.84. The van der Waals surface area contributed by atoms with E-state index in [4.69, 9.17) is 5.73 Å². The highest BCUT2D eigenvalue weighted by Crippen LogP contribution is 2.39. The van der Waals surface area contributed by atoms with Crippen molar-refractivity contribution >= 4 is 28.1 Å². The molecule has 3 heterocycles. The number of aryl methyl sites for hydroxylation is 1. The first-order valence-electron chi connectivity index (χ1n) is 8.79. The molecule has 0 saturated carbocycles. The number of hydrogen-bond donors (Lipinski definition) is 2. The number of thiophene rings is 1. The first-order valence-corrected chi connectivity index (χ1v) is 9.67. The number of nitrogens with zero attached hydrogens (tertiary/aromatic N) is 1. The van der Waals surface area contributed by atoms with Gasteiger partial charge in [0, 0.05) is 33.0 Å². The third-order valence-corrected chi connectivity index (χ3v) is 6.25. The summed E-state index contributed by atoms with van der Waals surface area (Å²) in [5, 5.41) is 3.43. The van der Waals surface area contributed by atoms with Crippen LogP contribution in [0.5, 0.6) is 0 Å². The highest BCUT2D eigenvalue weighted by atomic mass is 32.1. The largest absolute Gasteiger partial charge is 0.369 e. The van der Waals surface area contributed by atoms with Crippen molar-refractivity contribution in [1.29, 1.82) is 0 Å². The van der Waals surface area contributed by atoms with Crippen molar-refractivity contribution in [2.24, 2.45) is 11.7 Å². The molecule has 130 valence electrons. The zero-order chi connectivity index (χ0) is 17.4. The molecule has 1 aliphatic heterocycles. The van der Waals surface area contributed by atoms with Crippen molar-refractivity contribution in [3.8, 4) is 0 Å². The molecule has 0 aliphatic carbocycles. The van der Waals surface area contributed by atoms with Crippen LogP contribution in [0.3, 0.4) is 0 Å². The number of piperidine rings is 1. The summed E-state index contributed by atoms with van der Waals surface area (Å²) in [4.78, 5) is 18.9. The summed E-state index contributed by atoms with van der Waals surface area (Å²) in [6.07, 6.45) is 1.69. The Hall–Kier alpha value is -2.11. The van der Waals surface area contributed by atoms with Crippen LogP contribution >= 0.6 is 11.3 Å². The van der Waals surface area contributed by atoms with Crippen LogP contribution in [0.1, 0.15) is 35.0 Å². The van der Waals surface area contributed by atoms with Crippen LogP contribution in [0.2, 0.25) is 0 Å². The molecule has 1 amide bonds. The zero-order valence-corrected chi connectivity index (χ0v) is 15.2. The summed E-state index contributed by atoms with van der Waals surface area (Å²) >= 11 is 1.80. The Balaban J connectivity index is 1.75. The molecule has 3 aromatic rings. The Bertz CT molecular complexity index is 876. The van der Waals surface area contributed by atoms with Crippen LogP contribution < -0.4 is 5.73 Å². The van der Waals surface area contributed by atoms with E-state index in [-0.39, 0.29) is 17.9 Å². The fourth-order valence-electron chi connectivity index (χ4n) is 4.04. The lowest BCUT2D eigenvalue weighted by Gasteiger charge is -2.36. The molecule has 3 N–H and O–H groups in total. The lowest BCUT2D eigenvalue weighted by molar-refractivity contribution is -0.123. The minimum atomic E-state index is -0.157. The molecule has 5 heteroatoms. The lowest BCUT2D eigenvalue weighted by Crippen LogP contribution is -2.40. The van der Waals surface area contributed by atoms with E-state index in [0.717, 1.165) is 25.9 Å². The topological polar surface area (TPSA) is 62.1 Å². The maximum absolute atomic E-state index is 11.5. The molecule has 4 rings (SSSR count). The van der Waals surface area contributed by atoms with E-state index in [0.29, 0.717) is 0 Å². The van der Waals surface area contributed by atoms with E-state index in [2.05, 4.69) is 58.6 Å². The highest BCUT2D eigenvalue weighted by Gasteiger charge is 2.32. The third-order valence-electron chi connectivity index (χ3n) is 5.33. The fraction of sp³-hybridized carbons (Fsp3) is 0.350. The van der Waals surface area contributed by atoms with Gasteiger partial charge in [-0.2, -0.15) is 0 Å². The van der Waals surface area contributed by atoms with Crippen molar-refractivity contribution in [3.63, 3.8) is 0 Å². The number of aromatic nitrogens is 1. The van der Waals surface area contributed by atoms with Crippen molar-refractivity contribution in [3.05, 3.63) is 57.9 Å². The minimum Gasteiger partial charge on any atom is -0.369 e. The van der Waals surface area contributed by atoms with Gasteiger partial charge < -0.3 is 10.7 Å². The number of hydrogen-bond acceptors (Lipinski definition) is 3. The van der Waals surface area contributed by atoms with E-state index >= 15 is 0 Å². The summed E-state index contributed by atoms with van der Waals surface area (Å²) in [7, 11) is 0. The van der Waals surface area contributed by atoms with E-state index < -0.39 is 0 Å². The number of aromatic amines is 1. The summed E-state index contributed by atoms with van der Waals surface area (Å²) < 4.78 is 0. The first-order chi connectivity index (χ1) is 12.1. The van der Waals surface area contributed by atoms with Gasteiger partial charge in [-0.1, -0.05) is 24.3 Å². The maximum Gasteiger partial charge on any atom is 0.220 e. The summed E-state index contributed by atoms with van der Waals surface area (Å²) in [6.45, 7) is 3.95. The number of para-hydroxylation sites is 1. The molecule has 1 unspecified atom stereocenters. The van der Waals surface area contributed by atoms with Crippen LogP contribution in [-0.2, 0) is 4.79 Å². The average Bonchev–Trinajstić information content (AvgIpc) is 3.24. The van der Waals surface area contributed by atoms with Gasteiger partial charge in [-0.15, -0.1) is 11.3 Å². The average molecular weight is 353 g/mol. The normalized spacial score (nSPS) is 17.8. The molecule has 1 aromatic carbocycles. The van der Waals surface area contributed by atoms with E-state index in [1.54, 1.807) is 11.3 Å². The van der Waals surface area contributed by atoms with Crippen LogP contribution in [-0.4, -0.2) is 28.9 Å². The van der Waals surface area contributed by atoms with E-state index in [1.165, 1.54) is 27.0 Å². The molecule has 4 nitrogen and oxygen atoms in total. The summed E-state index contributed by atoms with van der Waals surface area (Å²) in [5.41, 5.74) is 9.28. The molecule has 25 heavy (non-hydrogen) atoms. The fourth-order valence-corrected chi connectivity index (χ4v) is 4.91. The van der Waals surface area contributed by atoms with Gasteiger partial charge in [-0.05, 0) is 50.4 Å². The van der Waals surface area contributed by atoms with Gasteiger partial charge >= 0.3 is 0 Å². The zero-order valence-electron chi connectivity index (χ0n) is 14.4. The number of primary amides is 1. The van der Waals surface area contributed by atoms with Crippen LogP contribution in [0.15, 0.2) is 41.8 Å². The number of amides is 1. The number of fused-ring (bicyclic) bond motifs is 1. The van der Waals surface area contributed by atoms with Crippen LogP contribution in [0.4, 0.5) is 0 Å². The standard InChI is InChI=1S/C20H23N3OS/c1-13-18(15-5-2-3-6-16(15)22-13)19(17-7-4-12-25-17)23-10-8-14(9-11-23)20(21)24/h2-7,12,14,19,22H,8-11H2,1H3,(H2,21,24). The second kappa shape index (κ2) is 6.65. The highest BCUT2D eigenvalue weighted by molar-refractivity contribution is 7.10. The molecule has 0 radical (unpaired) electrons. The van der Waals surface area contributed by atoms with Gasteiger partial charge in [0.05, 0.1) is 6.04 Å². The first kappa shape index (κ1) is 16.4. The predicted molar refractivity (Wildman–Crippen MR) is 103 cm³/mol. The SMILES string of the molecule is Cc1[nH]c2ccccc2c1C(c1cccs1)N1CCC(C(N)=O)CC1. The molecular weight excluding hydrogens is 330 g/mol. The maximum atomic E-state index is 11.5. The van der Waals surface area contributed by atoms with Crippen molar-refractivity contribution in [2.45, 2.75) is 25.8 Å². The molecule has 0 spiro atoms. The molecule has 1 fully saturated rings. The van der Waals surface area contributed by atoms with Gasteiger partial charge in [-0.25, -0.2) is 0 Å². The van der Waals surface area contributed by atoms with Gasteiger partial charge in [0.2, 0.25) is 5.91 Å². The van der Waals surface area contributed by atoms with E-state index in [1.807, 2.05) is 0 Å². The molecular formula is C20H23N3OS. The Morgan fingerprint density at radius 3 is 2.68 bits per heavy atom. The molecule has 1 atom stereocenters. The summed E-state index contributed by atoms with van der Waals surface area (Å²) in [6, 6.07) is 13.1. The van der Waals surface area contributed by atoms with Gasteiger partial charge in [-0.3, -0.25) is 9.69 Å². The monoisotopic (exact) mass is 353 g/mol. The molecule has 2 aromatic heterocycles. The molecule has 0 bridgehead atoms. The molecule has 1 aliphatic rings. The Morgan fingerprint density at radius 1 is 1.24 bits per heavy atom. The number of likely N-dealkylation sites (tertiary alicyclic amines) is 1. The summed E-state index contributed by atoms with van der Waals surface area (Å²) in [5.74, 6) is -0.139. The van der Waals surface area contributed by atoms with Crippen molar-refractivity contribution < 1.29 is 4.79 Å². The van der Waals surface area contributed by atoms with Gasteiger partial charge in [0.25, 0.3) is 0 Å². The smallest absolute Gasteiger partial charge is 0.220 e. The minimum absolute atomic E-state index is 0.0179. The third kappa shape index (κ3) is 2.98. The van der Waals surface area contributed by atoms with Gasteiger partial charge in [0.15, 0.2) is 0 Å². The number of benzene rings is 1. The number of nitrogens with one attached hydrogen (secondary N) is 1. The Labute approximate surface area is 151 Å². The lowest BCUT2D eigenvalue weighted by atomic mass is 9.92. The number of carbonyl (C=O) groups excluding carboxylic acids is 1. The Kier molecular flexibility index (Phi) is 4.36.